The predicted molar refractivity (Wildman–Crippen MR) is 22.4 cm³/mol. The second kappa shape index (κ2) is 24.6. The molecule has 0 saturated heterocycles. The Morgan fingerprint density at radius 2 is 1.25 bits per heavy atom. The molecule has 0 heterocycles. The van der Waals surface area contributed by atoms with E-state index in [0.29, 0.717) is 0 Å². The van der Waals surface area contributed by atoms with Gasteiger partial charge in [0.15, 0.2) is 0 Å². The third kappa shape index (κ3) is 273. The molecule has 8 heavy (non-hydrogen) atoms. The molecule has 8 heteroatoms. The minimum absolute atomic E-state index is 0. The molecular weight excluding hydrogens is 151 g/mol. The molecule has 0 saturated carbocycles. The van der Waals surface area contributed by atoms with Gasteiger partial charge in [-0.3, -0.25) is 0 Å². The van der Waals surface area contributed by atoms with Crippen LogP contribution in [0.3, 0.4) is 0 Å². The van der Waals surface area contributed by atoms with Crippen LogP contribution in [-0.2, 0) is 11.4 Å². The molecule has 6 nitrogen and oxygen atoms in total. The number of hydrogen-bond acceptors (Lipinski definition) is 2. The molecule has 0 aliphatic carbocycles. The Morgan fingerprint density at radius 1 is 1.25 bits per heavy atom. The Hall–Kier alpha value is 0.950. The molecule has 1 atom stereocenters. The first-order valence-corrected chi connectivity index (χ1v) is 1.55. The smallest absolute Gasteiger partial charge is 0.750 e. The maximum Gasteiger partial charge on any atom is 1.00 e. The van der Waals surface area contributed by atoms with Crippen LogP contribution >= 0.6 is 0 Å². The normalized spacial score (nSPS) is 7.75. The fourth-order valence-corrected chi connectivity index (χ4v) is 0. The van der Waals surface area contributed by atoms with E-state index in [9.17, 15) is 0 Å². The first kappa shape index (κ1) is 36.3. The summed E-state index contributed by atoms with van der Waals surface area (Å²) in [6.07, 6.45) is 0. The Bertz CT molecular complexity index is 31.5. The molecule has 0 rings (SSSR count). The molecule has 1 unspecified atom stereocenters. The predicted octanol–water partition coefficient (Wildman–Crippen LogP) is -6.13. The van der Waals surface area contributed by atoms with E-state index in [4.69, 9.17) is 13.3 Å². The standard InChI is InChI=1S/Na.H2O3S.3H2O/c;1-4(2)3;;;/h;(H2,1,2,3);3*1H2/q+1;;;;/p-1. The van der Waals surface area contributed by atoms with Gasteiger partial charge in [-0.15, -0.1) is 0 Å². The van der Waals surface area contributed by atoms with Crippen LogP contribution in [0, 0.1) is 0 Å². The third-order valence-corrected chi connectivity index (χ3v) is 0. The van der Waals surface area contributed by atoms with Gasteiger partial charge in [0, 0.05) is 0 Å². The molecule has 0 fully saturated rings. The molecule has 0 aliphatic heterocycles. The van der Waals surface area contributed by atoms with Gasteiger partial charge in [-0.2, -0.15) is 0 Å². The van der Waals surface area contributed by atoms with Gasteiger partial charge in [-0.1, -0.05) is 0 Å². The van der Waals surface area contributed by atoms with Gasteiger partial charge in [-0.05, 0) is 0 Å². The van der Waals surface area contributed by atoms with Gasteiger partial charge in [0.1, 0.15) is 0 Å². The summed E-state index contributed by atoms with van der Waals surface area (Å²) in [6.45, 7) is 0. The minimum atomic E-state index is -2.86. The van der Waals surface area contributed by atoms with Gasteiger partial charge < -0.3 is 25.5 Å². The molecule has 7 N–H and O–H groups in total. The van der Waals surface area contributed by atoms with Crippen molar-refractivity contribution in [3.05, 3.63) is 0 Å². The third-order valence-electron chi connectivity index (χ3n) is 0. The van der Waals surface area contributed by atoms with Crippen molar-refractivity contribution >= 4 is 11.4 Å². The molecule has 0 aliphatic rings. The fraction of sp³-hybridized carbons (Fsp3) is 0. The Morgan fingerprint density at radius 3 is 1.25 bits per heavy atom. The summed E-state index contributed by atoms with van der Waals surface area (Å²) in [6, 6.07) is 0. The SMILES string of the molecule is O.O.O.O=S([O-])O.[Na+]. The summed E-state index contributed by atoms with van der Waals surface area (Å²) in [7, 11) is 0. The van der Waals surface area contributed by atoms with Gasteiger partial charge >= 0.3 is 29.6 Å². The van der Waals surface area contributed by atoms with Gasteiger partial charge in [0.2, 0.25) is 0 Å². The quantitative estimate of drug-likeness (QED) is 0.275. The van der Waals surface area contributed by atoms with Crippen molar-refractivity contribution in [1.29, 1.82) is 0 Å². The summed E-state index contributed by atoms with van der Waals surface area (Å²) < 4.78 is 24.1. The zero-order chi connectivity index (χ0) is 3.58. The minimum Gasteiger partial charge on any atom is -0.750 e. The van der Waals surface area contributed by atoms with Gasteiger partial charge in [-0.25, -0.2) is 4.21 Å². The monoisotopic (exact) mass is 158 g/mol. The van der Waals surface area contributed by atoms with Crippen molar-refractivity contribution in [1.82, 2.24) is 0 Å². The Balaban J connectivity index is -0.00000000750. The van der Waals surface area contributed by atoms with Crippen LogP contribution < -0.4 is 29.6 Å². The molecule has 0 aromatic carbocycles. The van der Waals surface area contributed by atoms with Gasteiger partial charge in [0.05, 0.1) is 11.4 Å². The van der Waals surface area contributed by atoms with E-state index < -0.39 is 11.4 Å². The van der Waals surface area contributed by atoms with Crippen molar-refractivity contribution in [3.8, 4) is 0 Å². The van der Waals surface area contributed by atoms with Crippen LogP contribution in [0.4, 0.5) is 0 Å². The van der Waals surface area contributed by atoms with Crippen molar-refractivity contribution in [2.24, 2.45) is 0 Å². The summed E-state index contributed by atoms with van der Waals surface area (Å²) in [5, 5.41) is 0. The summed E-state index contributed by atoms with van der Waals surface area (Å²) in [5.41, 5.74) is 0. The average Bonchev–Trinajstić information content (AvgIpc) is 0.811. The Labute approximate surface area is 70.6 Å². The largest absolute Gasteiger partial charge is 1.00 e. The molecule has 0 aromatic heterocycles. The first-order chi connectivity index (χ1) is 1.73. The zero-order valence-corrected chi connectivity index (χ0v) is 6.99. The van der Waals surface area contributed by atoms with Crippen LogP contribution in [0.25, 0.3) is 0 Å². The summed E-state index contributed by atoms with van der Waals surface area (Å²) in [4.78, 5) is 0. The van der Waals surface area contributed by atoms with Crippen molar-refractivity contribution in [2.75, 3.05) is 0 Å². The van der Waals surface area contributed by atoms with E-state index in [1.165, 1.54) is 0 Å². The van der Waals surface area contributed by atoms with Crippen LogP contribution in [0.15, 0.2) is 0 Å². The van der Waals surface area contributed by atoms with E-state index in [-0.39, 0.29) is 46.0 Å². The molecule has 50 valence electrons. The number of rotatable bonds is 0. The first-order valence-electron chi connectivity index (χ1n) is 0.516. The Kier molecular flexibility index (Phi) is 112. The van der Waals surface area contributed by atoms with Crippen LogP contribution in [0.1, 0.15) is 0 Å². The zero-order valence-electron chi connectivity index (χ0n) is 4.17. The van der Waals surface area contributed by atoms with Gasteiger partial charge in [0.25, 0.3) is 0 Å². The fourth-order valence-electron chi connectivity index (χ4n) is 0. The van der Waals surface area contributed by atoms with Crippen LogP contribution in [0.2, 0.25) is 0 Å². The van der Waals surface area contributed by atoms with E-state index in [1.807, 2.05) is 0 Å². The molecule has 0 amide bonds. The second-order valence-corrected chi connectivity index (χ2v) is 0.651. The average molecular weight is 158 g/mol. The number of hydrogen-bond donors (Lipinski definition) is 1. The molecule has 0 aromatic rings. The second-order valence-electron chi connectivity index (χ2n) is 0.217. The topological polar surface area (TPSA) is 155 Å². The van der Waals surface area contributed by atoms with Crippen molar-refractivity contribution in [2.45, 2.75) is 0 Å². The van der Waals surface area contributed by atoms with Crippen molar-refractivity contribution in [3.63, 3.8) is 0 Å². The molecule has 0 bridgehead atoms. The van der Waals surface area contributed by atoms with Crippen molar-refractivity contribution < 1.29 is 59.3 Å². The van der Waals surface area contributed by atoms with E-state index in [2.05, 4.69) is 0 Å². The molecule has 0 radical (unpaired) electrons. The maximum atomic E-state index is 8.56. The van der Waals surface area contributed by atoms with Crippen LogP contribution in [-0.4, -0.2) is 29.7 Å². The molecular formula is H7NaO6S. The van der Waals surface area contributed by atoms with Crippen LogP contribution in [0.5, 0.6) is 0 Å². The molecule has 0 spiro atoms. The van der Waals surface area contributed by atoms with E-state index >= 15 is 0 Å². The summed E-state index contributed by atoms with van der Waals surface area (Å²) in [5.74, 6) is 0. The van der Waals surface area contributed by atoms with E-state index in [0.717, 1.165) is 0 Å². The maximum absolute atomic E-state index is 8.56. The van der Waals surface area contributed by atoms with E-state index in [1.54, 1.807) is 0 Å². The summed E-state index contributed by atoms with van der Waals surface area (Å²) >= 11 is -2.86.